The van der Waals surface area contributed by atoms with Crippen LogP contribution in [0, 0.1) is 5.92 Å². The highest BCUT2D eigenvalue weighted by atomic mass is 15.2. The van der Waals surface area contributed by atoms with E-state index in [1.807, 2.05) is 0 Å². The first kappa shape index (κ1) is 16.5. The summed E-state index contributed by atoms with van der Waals surface area (Å²) in [5, 5.41) is 3.52. The van der Waals surface area contributed by atoms with Gasteiger partial charge in [-0.1, -0.05) is 45.0 Å². The Balaban J connectivity index is 1.96. The third-order valence-corrected chi connectivity index (χ3v) is 4.67. The molecule has 2 nitrogen and oxygen atoms in total. The Bertz CT molecular complexity index is 414. The molecule has 1 saturated heterocycles. The van der Waals surface area contributed by atoms with Crippen LogP contribution in [0.3, 0.4) is 0 Å². The van der Waals surface area contributed by atoms with Crippen molar-refractivity contribution in [3.05, 3.63) is 35.4 Å². The van der Waals surface area contributed by atoms with Gasteiger partial charge in [-0.3, -0.25) is 4.90 Å². The maximum Gasteiger partial charge on any atom is 0.0239 e. The molecule has 1 aliphatic rings. The molecule has 1 atom stereocenters. The molecule has 118 valence electrons. The molecule has 1 fully saturated rings. The molecule has 0 radical (unpaired) electrons. The number of nitrogens with one attached hydrogen (secondary N) is 1. The van der Waals surface area contributed by atoms with Crippen LogP contribution in [-0.2, 0) is 13.0 Å². The predicted octanol–water partition coefficient (Wildman–Crippen LogP) is 3.85. The van der Waals surface area contributed by atoms with Crippen LogP contribution < -0.4 is 5.32 Å². The molecular formula is C19H32N2. The molecule has 0 spiro atoms. The van der Waals surface area contributed by atoms with E-state index in [0.717, 1.165) is 38.0 Å². The average molecular weight is 288 g/mol. The number of likely N-dealkylation sites (tertiary alicyclic amines) is 1. The van der Waals surface area contributed by atoms with Gasteiger partial charge in [0.05, 0.1) is 0 Å². The van der Waals surface area contributed by atoms with Gasteiger partial charge in [0, 0.05) is 12.6 Å². The minimum atomic E-state index is 0.769. The molecule has 0 aromatic heterocycles. The summed E-state index contributed by atoms with van der Waals surface area (Å²) in [5.41, 5.74) is 3.05. The van der Waals surface area contributed by atoms with Crippen molar-refractivity contribution >= 4 is 0 Å². The lowest BCUT2D eigenvalue weighted by Crippen LogP contribution is -2.33. The van der Waals surface area contributed by atoms with Gasteiger partial charge in [0.15, 0.2) is 0 Å². The van der Waals surface area contributed by atoms with Gasteiger partial charge >= 0.3 is 0 Å². The van der Waals surface area contributed by atoms with Gasteiger partial charge in [0.2, 0.25) is 0 Å². The Kier molecular flexibility index (Phi) is 6.72. The lowest BCUT2D eigenvalue weighted by Gasteiger charge is -2.28. The van der Waals surface area contributed by atoms with Crippen LogP contribution in [0.4, 0.5) is 0 Å². The zero-order valence-electron chi connectivity index (χ0n) is 14.1. The number of nitrogens with zero attached hydrogens (tertiary/aromatic N) is 1. The van der Waals surface area contributed by atoms with Crippen LogP contribution >= 0.6 is 0 Å². The molecule has 21 heavy (non-hydrogen) atoms. The van der Waals surface area contributed by atoms with E-state index in [1.54, 1.807) is 0 Å². The van der Waals surface area contributed by atoms with Crippen molar-refractivity contribution in [2.75, 3.05) is 19.6 Å². The van der Waals surface area contributed by atoms with Crippen LogP contribution in [0.5, 0.6) is 0 Å². The van der Waals surface area contributed by atoms with E-state index in [-0.39, 0.29) is 0 Å². The summed E-state index contributed by atoms with van der Waals surface area (Å²) in [6.07, 6.45) is 5.10. The van der Waals surface area contributed by atoms with Gasteiger partial charge in [-0.25, -0.2) is 0 Å². The summed E-state index contributed by atoms with van der Waals surface area (Å²) >= 11 is 0. The Labute approximate surface area is 130 Å². The Morgan fingerprint density at radius 1 is 1.19 bits per heavy atom. The maximum atomic E-state index is 3.52. The topological polar surface area (TPSA) is 15.3 Å². The van der Waals surface area contributed by atoms with Crippen LogP contribution in [-0.4, -0.2) is 30.6 Å². The third-order valence-electron chi connectivity index (χ3n) is 4.67. The number of rotatable bonds is 8. The number of hydrogen-bond donors (Lipinski definition) is 1. The maximum absolute atomic E-state index is 3.52. The fourth-order valence-corrected chi connectivity index (χ4v) is 3.50. The van der Waals surface area contributed by atoms with Crippen LogP contribution in [0.25, 0.3) is 0 Å². The molecule has 0 bridgehead atoms. The first-order chi connectivity index (χ1) is 10.2. The monoisotopic (exact) mass is 288 g/mol. The van der Waals surface area contributed by atoms with Crippen molar-refractivity contribution in [2.45, 2.75) is 59.0 Å². The lowest BCUT2D eigenvalue weighted by molar-refractivity contribution is 0.198. The van der Waals surface area contributed by atoms with E-state index < -0.39 is 0 Å². The minimum Gasteiger partial charge on any atom is -0.316 e. The van der Waals surface area contributed by atoms with Gasteiger partial charge in [-0.05, 0) is 62.4 Å². The highest BCUT2D eigenvalue weighted by Crippen LogP contribution is 2.26. The van der Waals surface area contributed by atoms with Gasteiger partial charge in [-0.2, -0.15) is 0 Å². The number of hydrogen-bond acceptors (Lipinski definition) is 2. The smallest absolute Gasteiger partial charge is 0.0239 e. The molecule has 2 heteroatoms. The quantitative estimate of drug-likeness (QED) is 0.731. The first-order valence-corrected chi connectivity index (χ1v) is 8.74. The van der Waals surface area contributed by atoms with Crippen LogP contribution in [0.1, 0.15) is 51.2 Å². The molecule has 0 saturated carbocycles. The Hall–Kier alpha value is -0.860. The van der Waals surface area contributed by atoms with Crippen LogP contribution in [0.2, 0.25) is 0 Å². The number of benzene rings is 1. The molecule has 0 amide bonds. The molecule has 1 unspecified atom stereocenters. The van der Waals surface area contributed by atoms with E-state index >= 15 is 0 Å². The van der Waals surface area contributed by atoms with Gasteiger partial charge in [-0.15, -0.1) is 0 Å². The van der Waals surface area contributed by atoms with Gasteiger partial charge < -0.3 is 5.32 Å². The fraction of sp³-hybridized carbons (Fsp3) is 0.684. The SMILES string of the molecule is CCCNCCc1ccccc1CN1CCCC1C(C)C. The van der Waals surface area contributed by atoms with E-state index in [4.69, 9.17) is 0 Å². The lowest BCUT2D eigenvalue weighted by atomic mass is 10.00. The second-order valence-corrected chi connectivity index (χ2v) is 6.69. The van der Waals surface area contributed by atoms with Crippen molar-refractivity contribution in [3.63, 3.8) is 0 Å². The zero-order chi connectivity index (χ0) is 15.1. The van der Waals surface area contributed by atoms with Crippen molar-refractivity contribution < 1.29 is 0 Å². The van der Waals surface area contributed by atoms with E-state index in [2.05, 4.69) is 55.3 Å². The minimum absolute atomic E-state index is 0.769. The molecule has 1 heterocycles. The standard InChI is InChI=1S/C19H32N2/c1-4-12-20-13-11-17-8-5-6-9-18(17)15-21-14-7-10-19(21)16(2)3/h5-6,8-9,16,19-20H,4,7,10-15H2,1-3H3. The molecular weight excluding hydrogens is 256 g/mol. The molecule has 2 rings (SSSR count). The Morgan fingerprint density at radius 2 is 1.95 bits per heavy atom. The first-order valence-electron chi connectivity index (χ1n) is 8.74. The van der Waals surface area contributed by atoms with E-state index in [1.165, 1.54) is 36.9 Å². The summed E-state index contributed by atoms with van der Waals surface area (Å²) in [4.78, 5) is 2.70. The summed E-state index contributed by atoms with van der Waals surface area (Å²) in [7, 11) is 0. The van der Waals surface area contributed by atoms with Crippen molar-refractivity contribution in [1.82, 2.24) is 10.2 Å². The predicted molar refractivity (Wildman–Crippen MR) is 91.6 cm³/mol. The zero-order valence-corrected chi connectivity index (χ0v) is 14.1. The molecule has 1 aromatic carbocycles. The molecule has 1 N–H and O–H groups in total. The fourth-order valence-electron chi connectivity index (χ4n) is 3.50. The van der Waals surface area contributed by atoms with Gasteiger partial charge in [0.25, 0.3) is 0 Å². The van der Waals surface area contributed by atoms with Crippen molar-refractivity contribution in [2.24, 2.45) is 5.92 Å². The van der Waals surface area contributed by atoms with Gasteiger partial charge in [0.1, 0.15) is 0 Å². The third kappa shape index (κ3) is 4.82. The van der Waals surface area contributed by atoms with Crippen molar-refractivity contribution in [1.29, 1.82) is 0 Å². The summed E-state index contributed by atoms with van der Waals surface area (Å²) in [5.74, 6) is 0.769. The normalized spacial score (nSPS) is 19.5. The average Bonchev–Trinajstić information content (AvgIpc) is 2.93. The van der Waals surface area contributed by atoms with E-state index in [9.17, 15) is 0 Å². The summed E-state index contributed by atoms with van der Waals surface area (Å²) in [6, 6.07) is 9.78. The summed E-state index contributed by atoms with van der Waals surface area (Å²) in [6.45, 7) is 11.6. The second-order valence-electron chi connectivity index (χ2n) is 6.69. The van der Waals surface area contributed by atoms with Crippen molar-refractivity contribution in [3.8, 4) is 0 Å². The Morgan fingerprint density at radius 3 is 2.67 bits per heavy atom. The molecule has 1 aliphatic heterocycles. The highest BCUT2D eigenvalue weighted by molar-refractivity contribution is 5.27. The molecule has 0 aliphatic carbocycles. The molecule has 1 aromatic rings. The van der Waals surface area contributed by atoms with Crippen LogP contribution in [0.15, 0.2) is 24.3 Å². The largest absolute Gasteiger partial charge is 0.316 e. The summed E-state index contributed by atoms with van der Waals surface area (Å²) < 4.78 is 0. The highest BCUT2D eigenvalue weighted by Gasteiger charge is 2.27. The van der Waals surface area contributed by atoms with E-state index in [0.29, 0.717) is 0 Å². The second kappa shape index (κ2) is 8.55.